The highest BCUT2D eigenvalue weighted by atomic mass is 19.1. The average Bonchev–Trinajstić information content (AvgIpc) is 4.06. The van der Waals surface area contributed by atoms with Crippen LogP contribution in [0.25, 0.3) is 21.5 Å². The molecule has 276 valence electrons. The van der Waals surface area contributed by atoms with Gasteiger partial charge in [0.1, 0.15) is 24.8 Å². The van der Waals surface area contributed by atoms with Gasteiger partial charge in [-0.25, -0.2) is 28.3 Å². The molecule has 0 spiro atoms. The number of amides is 4. The highest BCUT2D eigenvalue weighted by Gasteiger charge is 2.44. The van der Waals surface area contributed by atoms with E-state index in [4.69, 9.17) is 31.5 Å². The van der Waals surface area contributed by atoms with Crippen LogP contribution in [0.3, 0.4) is 0 Å². The van der Waals surface area contributed by atoms with Crippen molar-refractivity contribution in [1.82, 2.24) is 9.97 Å². The number of hydrogen-bond donors (Lipinski definition) is 4. The van der Waals surface area contributed by atoms with Crippen LogP contribution < -0.4 is 31.9 Å². The smallest absolute Gasteiger partial charge is 0.414 e. The minimum atomic E-state index is -0.721. The Labute approximate surface area is 305 Å². The maximum Gasteiger partial charge on any atom is 0.414 e. The number of cyclic esters (lactones) is 2. The molecule has 2 saturated heterocycles. The normalized spacial score (nSPS) is 23.8. The first-order valence-corrected chi connectivity index (χ1v) is 16.9. The van der Waals surface area contributed by atoms with Gasteiger partial charge >= 0.3 is 12.2 Å². The van der Waals surface area contributed by atoms with Gasteiger partial charge in [-0.2, -0.15) is 10.5 Å². The first kappa shape index (κ1) is 35.6. The van der Waals surface area contributed by atoms with Crippen molar-refractivity contribution >= 4 is 79.9 Å². The predicted molar refractivity (Wildman–Crippen MR) is 190 cm³/mol. The number of halogens is 2. The van der Waals surface area contributed by atoms with E-state index in [0.29, 0.717) is 34.4 Å². The third-order valence-corrected chi connectivity index (χ3v) is 9.74. The van der Waals surface area contributed by atoms with Gasteiger partial charge in [0.05, 0.1) is 70.6 Å². The van der Waals surface area contributed by atoms with Crippen LogP contribution in [0.5, 0.6) is 0 Å². The molecule has 16 nitrogen and oxygen atoms in total. The number of rotatable bonds is 6. The maximum atomic E-state index is 14.7. The predicted octanol–water partition coefficient (Wildman–Crippen LogP) is 4.80. The summed E-state index contributed by atoms with van der Waals surface area (Å²) < 4.78 is 39.4. The Balaban J connectivity index is 0.000000167. The van der Waals surface area contributed by atoms with Crippen LogP contribution in [-0.4, -0.2) is 59.3 Å². The lowest BCUT2D eigenvalue weighted by Crippen LogP contribution is -2.31. The summed E-state index contributed by atoms with van der Waals surface area (Å²) in [6.45, 7) is 3.80. The summed E-state index contributed by atoms with van der Waals surface area (Å²) in [5.74, 6) is -2.64. The molecule has 0 bridgehead atoms. The van der Waals surface area contributed by atoms with Gasteiger partial charge in [0.25, 0.3) is 0 Å². The molecule has 4 aliphatic rings. The van der Waals surface area contributed by atoms with Crippen molar-refractivity contribution < 1.29 is 37.4 Å². The zero-order valence-corrected chi connectivity index (χ0v) is 28.8. The van der Waals surface area contributed by atoms with Crippen molar-refractivity contribution in [1.29, 1.82) is 10.5 Å². The summed E-state index contributed by atoms with van der Waals surface area (Å²) in [5.41, 5.74) is 11.6. The molecule has 2 aromatic heterocycles. The van der Waals surface area contributed by atoms with E-state index in [0.717, 1.165) is 0 Å². The number of nitrogens with zero attached hydrogens (tertiary/aromatic N) is 6. The molecule has 0 radical (unpaired) electrons. The number of carbonyl (C=O) groups excluding carboxylic acids is 4. The number of fused-ring (bicyclic) bond motifs is 2. The summed E-state index contributed by atoms with van der Waals surface area (Å²) in [6.07, 6.45) is 2.53. The lowest BCUT2D eigenvalue weighted by atomic mass is 10.1. The van der Waals surface area contributed by atoms with Crippen molar-refractivity contribution in [2.45, 2.75) is 38.8 Å². The number of benzene rings is 2. The molecule has 18 heteroatoms. The zero-order valence-electron chi connectivity index (χ0n) is 28.8. The fourth-order valence-electron chi connectivity index (χ4n) is 6.45. The van der Waals surface area contributed by atoms with Crippen LogP contribution >= 0.6 is 0 Å². The summed E-state index contributed by atoms with van der Waals surface area (Å²) >= 11 is 0. The van der Waals surface area contributed by atoms with Gasteiger partial charge in [0, 0.05) is 23.2 Å². The molecule has 2 aliphatic carbocycles. The van der Waals surface area contributed by atoms with Gasteiger partial charge in [-0.05, 0) is 61.7 Å². The van der Waals surface area contributed by atoms with Gasteiger partial charge in [-0.1, -0.05) is 0 Å². The van der Waals surface area contributed by atoms with Crippen LogP contribution in [-0.2, 0) is 19.1 Å². The second kappa shape index (κ2) is 13.6. The molecule has 2 saturated carbocycles. The molecule has 6 N–H and O–H groups in total. The number of nitrogens with two attached hydrogens (primary N) is 2. The lowest BCUT2D eigenvalue weighted by molar-refractivity contribution is -0.118. The zero-order chi connectivity index (χ0) is 38.6. The fourth-order valence-corrected chi connectivity index (χ4v) is 6.45. The molecule has 4 amide bonds. The topological polar surface area (TPSA) is 243 Å². The molecule has 0 unspecified atom stereocenters. The van der Waals surface area contributed by atoms with Crippen LogP contribution in [0.1, 0.15) is 26.7 Å². The Kier molecular flexibility index (Phi) is 8.98. The SMILES string of the molecule is C[C@@H]1COC(=O)N1c1cc2cc(NC(=O)[C@@H]3C[C@H]3C#N)ncc2c(N)c1F.C[C@@H]1COC(=O)N1c1cc2cc(NC(=O)[C@H]3C[C@@H]3C#N)ncc2c(N)c1F. The fraction of sp³-hybridized carbons (Fsp3) is 0.333. The monoisotopic (exact) mass is 738 g/mol. The Hall–Kier alpha value is -6.82. The molecule has 6 atom stereocenters. The summed E-state index contributed by atoms with van der Waals surface area (Å²) in [4.78, 5) is 58.7. The van der Waals surface area contributed by atoms with Crippen molar-refractivity contribution in [3.63, 3.8) is 0 Å². The third-order valence-electron chi connectivity index (χ3n) is 9.74. The van der Waals surface area contributed by atoms with Gasteiger partial charge in [0.2, 0.25) is 11.8 Å². The summed E-state index contributed by atoms with van der Waals surface area (Å²) in [7, 11) is 0. The Morgan fingerprint density at radius 2 is 1.15 bits per heavy atom. The number of ether oxygens (including phenoxy) is 2. The maximum absolute atomic E-state index is 14.7. The number of nitrogen functional groups attached to an aromatic ring is 2. The van der Waals surface area contributed by atoms with E-state index in [1.165, 1.54) is 34.3 Å². The van der Waals surface area contributed by atoms with E-state index in [2.05, 4.69) is 32.7 Å². The molecule has 2 aliphatic heterocycles. The molecular formula is C36H32F2N10O6. The van der Waals surface area contributed by atoms with Crippen molar-refractivity contribution in [3.8, 4) is 12.1 Å². The van der Waals surface area contributed by atoms with Crippen LogP contribution in [0, 0.1) is 58.0 Å². The van der Waals surface area contributed by atoms with Crippen LogP contribution in [0.15, 0.2) is 36.7 Å². The van der Waals surface area contributed by atoms with Gasteiger partial charge < -0.3 is 31.6 Å². The van der Waals surface area contributed by atoms with Crippen LogP contribution in [0.2, 0.25) is 0 Å². The minimum Gasteiger partial charge on any atom is -0.447 e. The Morgan fingerprint density at radius 1 is 0.759 bits per heavy atom. The van der Waals surface area contributed by atoms with E-state index >= 15 is 0 Å². The molecule has 4 heterocycles. The van der Waals surface area contributed by atoms with Crippen molar-refractivity contribution in [2.24, 2.45) is 23.7 Å². The summed E-state index contributed by atoms with van der Waals surface area (Å²) in [6, 6.07) is 9.53. The minimum absolute atomic E-state index is 0.0187. The molecular weight excluding hydrogens is 706 g/mol. The highest BCUT2D eigenvalue weighted by Crippen LogP contribution is 2.41. The summed E-state index contributed by atoms with van der Waals surface area (Å²) in [5, 5.41) is 24.8. The molecule has 54 heavy (non-hydrogen) atoms. The first-order chi connectivity index (χ1) is 25.8. The second-order valence-corrected chi connectivity index (χ2v) is 13.6. The molecule has 2 aromatic carbocycles. The number of anilines is 6. The van der Waals surface area contributed by atoms with Gasteiger partial charge in [0.15, 0.2) is 11.6 Å². The standard InChI is InChI=1S/2C18H16FN5O3/c2*1-8-7-27-18(26)24(8)13-3-9-4-14(22-6-12(9)16(21)15(13)19)23-17(25)11-2-10(11)5-20/h2*3-4,6,8,10-11H,2,7,21H2,1H3,(H,22,23,25)/t8-,10+,11-;8-,10-,11+/m11/s1. The third kappa shape index (κ3) is 6.42. The van der Waals surface area contributed by atoms with Crippen molar-refractivity contribution in [3.05, 3.63) is 48.3 Å². The van der Waals surface area contributed by atoms with E-state index in [1.807, 2.05) is 0 Å². The van der Waals surface area contributed by atoms with Gasteiger partial charge in [-0.15, -0.1) is 0 Å². The van der Waals surface area contributed by atoms with E-state index in [-0.39, 0.29) is 95.2 Å². The molecule has 4 aromatic rings. The van der Waals surface area contributed by atoms with E-state index in [1.54, 1.807) is 26.0 Å². The number of nitriles is 2. The average molecular weight is 739 g/mol. The number of pyridine rings is 2. The highest BCUT2D eigenvalue weighted by molar-refractivity contribution is 6.04. The number of hydrogen-bond acceptors (Lipinski definition) is 12. The first-order valence-electron chi connectivity index (χ1n) is 16.9. The number of nitrogens with one attached hydrogen (secondary N) is 2. The lowest BCUT2D eigenvalue weighted by Gasteiger charge is -2.20. The number of carbonyl (C=O) groups is 4. The largest absolute Gasteiger partial charge is 0.447 e. The Morgan fingerprint density at radius 3 is 1.46 bits per heavy atom. The van der Waals surface area contributed by atoms with Crippen molar-refractivity contribution in [2.75, 3.05) is 45.1 Å². The quantitative estimate of drug-likeness (QED) is 0.195. The second-order valence-electron chi connectivity index (χ2n) is 13.6. The van der Waals surface area contributed by atoms with Gasteiger partial charge in [-0.3, -0.25) is 19.4 Å². The molecule has 4 fully saturated rings. The Bertz CT molecular complexity index is 2200. The number of aromatic nitrogens is 2. The molecule has 8 rings (SSSR count). The van der Waals surface area contributed by atoms with E-state index < -0.39 is 23.8 Å². The van der Waals surface area contributed by atoms with Crippen LogP contribution in [0.4, 0.5) is 52.8 Å². The van der Waals surface area contributed by atoms with E-state index in [9.17, 15) is 28.0 Å².